The number of hydrogen-bond acceptors (Lipinski definition) is 3. The molecule has 3 nitrogen and oxygen atoms in total. The summed E-state index contributed by atoms with van der Waals surface area (Å²) in [5.74, 6) is 0.766. The van der Waals surface area contributed by atoms with Gasteiger partial charge in [-0.2, -0.15) is 0 Å². The minimum absolute atomic E-state index is 0.0799. The van der Waals surface area contributed by atoms with Gasteiger partial charge in [0.2, 0.25) is 0 Å². The maximum atomic E-state index is 10.6. The molecule has 0 aliphatic heterocycles. The van der Waals surface area contributed by atoms with Crippen molar-refractivity contribution in [3.8, 4) is 0 Å². The van der Waals surface area contributed by atoms with Crippen molar-refractivity contribution in [2.24, 2.45) is 11.3 Å². The normalized spacial score (nSPS) is 35.2. The van der Waals surface area contributed by atoms with Gasteiger partial charge in [-0.25, -0.2) is 0 Å². The third-order valence-electron chi connectivity index (χ3n) is 5.41. The zero-order valence-electron chi connectivity index (χ0n) is 12.5. The van der Waals surface area contributed by atoms with Crippen LogP contribution >= 0.6 is 0 Å². The highest BCUT2D eigenvalue weighted by Crippen LogP contribution is 2.36. The van der Waals surface area contributed by atoms with E-state index in [9.17, 15) is 10.2 Å². The van der Waals surface area contributed by atoms with Crippen molar-refractivity contribution < 1.29 is 10.2 Å². The van der Waals surface area contributed by atoms with Crippen LogP contribution in [0.25, 0.3) is 0 Å². The van der Waals surface area contributed by atoms with Gasteiger partial charge in [-0.3, -0.25) is 0 Å². The third-order valence-corrected chi connectivity index (χ3v) is 5.41. The van der Waals surface area contributed by atoms with Crippen LogP contribution in [0.2, 0.25) is 0 Å². The van der Waals surface area contributed by atoms with E-state index in [1.165, 1.54) is 19.3 Å². The number of rotatable bonds is 5. The summed E-state index contributed by atoms with van der Waals surface area (Å²) in [5.41, 5.74) is -0.422. The lowest BCUT2D eigenvalue weighted by molar-refractivity contribution is -0.0113. The summed E-state index contributed by atoms with van der Waals surface area (Å²) in [4.78, 5) is 0. The quantitative estimate of drug-likeness (QED) is 0.718. The molecular formula is C16H31NO2. The van der Waals surface area contributed by atoms with Gasteiger partial charge in [0.1, 0.15) is 0 Å². The zero-order valence-corrected chi connectivity index (χ0v) is 12.5. The van der Waals surface area contributed by atoms with Gasteiger partial charge < -0.3 is 15.5 Å². The Morgan fingerprint density at radius 3 is 2.21 bits per heavy atom. The molecule has 3 N–H and O–H groups in total. The fraction of sp³-hybridized carbons (Fsp3) is 1.00. The number of hydrogen-bond donors (Lipinski definition) is 3. The molecule has 0 heterocycles. The molecule has 3 heteroatoms. The average molecular weight is 269 g/mol. The number of nitrogens with one attached hydrogen (secondary N) is 1. The Kier molecular flexibility index (Phi) is 5.27. The maximum absolute atomic E-state index is 10.6. The van der Waals surface area contributed by atoms with Gasteiger partial charge in [0.05, 0.1) is 5.60 Å². The average Bonchev–Trinajstić information content (AvgIpc) is 2.44. The van der Waals surface area contributed by atoms with Crippen LogP contribution in [-0.2, 0) is 0 Å². The predicted octanol–water partition coefficient (Wildman–Crippen LogP) is 2.46. The molecule has 2 aliphatic carbocycles. The van der Waals surface area contributed by atoms with Crippen LogP contribution in [0.1, 0.15) is 64.7 Å². The van der Waals surface area contributed by atoms with Gasteiger partial charge in [-0.15, -0.1) is 0 Å². The first-order valence-electron chi connectivity index (χ1n) is 8.12. The van der Waals surface area contributed by atoms with Crippen LogP contribution in [0.15, 0.2) is 0 Å². The molecule has 2 aliphatic rings. The second-order valence-electron chi connectivity index (χ2n) is 7.23. The van der Waals surface area contributed by atoms with E-state index in [4.69, 9.17) is 0 Å². The highest BCUT2D eigenvalue weighted by molar-refractivity contribution is 4.89. The molecule has 2 saturated carbocycles. The number of aliphatic hydroxyl groups excluding tert-OH is 1. The second kappa shape index (κ2) is 6.55. The molecule has 2 fully saturated rings. The minimum atomic E-state index is -0.502. The molecule has 2 rings (SSSR count). The van der Waals surface area contributed by atoms with Crippen molar-refractivity contribution in [2.45, 2.75) is 70.3 Å². The Balaban J connectivity index is 1.75. The maximum Gasteiger partial charge on any atom is 0.0771 e. The lowest BCUT2D eigenvalue weighted by atomic mass is 9.74. The number of aliphatic hydroxyl groups is 2. The Hall–Kier alpha value is -0.120. The largest absolute Gasteiger partial charge is 0.396 e. The van der Waals surface area contributed by atoms with Gasteiger partial charge in [-0.05, 0) is 44.4 Å². The lowest BCUT2D eigenvalue weighted by Crippen LogP contribution is -2.47. The summed E-state index contributed by atoms with van der Waals surface area (Å²) in [6, 6.07) is 0. The van der Waals surface area contributed by atoms with Crippen molar-refractivity contribution in [2.75, 3.05) is 19.7 Å². The van der Waals surface area contributed by atoms with Crippen LogP contribution in [0.4, 0.5) is 0 Å². The topological polar surface area (TPSA) is 52.5 Å². The Morgan fingerprint density at radius 1 is 1.00 bits per heavy atom. The van der Waals surface area contributed by atoms with E-state index in [1.807, 2.05) is 0 Å². The van der Waals surface area contributed by atoms with Crippen LogP contribution in [0.5, 0.6) is 0 Å². The smallest absolute Gasteiger partial charge is 0.0771 e. The van der Waals surface area contributed by atoms with Crippen molar-refractivity contribution in [1.29, 1.82) is 0 Å². The van der Waals surface area contributed by atoms with E-state index in [0.717, 1.165) is 51.0 Å². The van der Waals surface area contributed by atoms with Crippen molar-refractivity contribution in [3.05, 3.63) is 0 Å². The van der Waals surface area contributed by atoms with Crippen molar-refractivity contribution >= 4 is 0 Å². The molecule has 0 saturated heterocycles. The van der Waals surface area contributed by atoms with E-state index in [1.54, 1.807) is 0 Å². The molecule has 0 aromatic carbocycles. The highest BCUT2D eigenvalue weighted by Gasteiger charge is 2.34. The first kappa shape index (κ1) is 15.3. The molecule has 0 aromatic heterocycles. The molecule has 112 valence electrons. The van der Waals surface area contributed by atoms with E-state index >= 15 is 0 Å². The van der Waals surface area contributed by atoms with Gasteiger partial charge >= 0.3 is 0 Å². The van der Waals surface area contributed by atoms with Crippen LogP contribution in [0, 0.1) is 11.3 Å². The third kappa shape index (κ3) is 4.17. The summed E-state index contributed by atoms with van der Waals surface area (Å²) in [6.45, 7) is 4.12. The van der Waals surface area contributed by atoms with E-state index < -0.39 is 5.60 Å². The Bertz CT molecular complexity index is 266. The minimum Gasteiger partial charge on any atom is -0.396 e. The van der Waals surface area contributed by atoms with Crippen LogP contribution in [0.3, 0.4) is 0 Å². The summed E-state index contributed by atoms with van der Waals surface area (Å²) in [7, 11) is 0. The second-order valence-corrected chi connectivity index (χ2v) is 7.23. The van der Waals surface area contributed by atoms with Crippen LogP contribution < -0.4 is 5.32 Å². The van der Waals surface area contributed by atoms with Crippen molar-refractivity contribution in [1.82, 2.24) is 5.32 Å². The van der Waals surface area contributed by atoms with Crippen LogP contribution in [-0.4, -0.2) is 35.5 Å². The molecule has 19 heavy (non-hydrogen) atoms. The molecular weight excluding hydrogens is 238 g/mol. The summed E-state index contributed by atoms with van der Waals surface area (Å²) >= 11 is 0. The molecule has 0 radical (unpaired) electrons. The SMILES string of the molecule is CC1CCC(O)(CNCC2(CO)CCCCC2)CC1. The molecule has 0 amide bonds. The first-order valence-corrected chi connectivity index (χ1v) is 8.12. The van der Waals surface area contributed by atoms with E-state index in [-0.39, 0.29) is 12.0 Å². The molecule has 0 bridgehead atoms. The fourth-order valence-corrected chi connectivity index (χ4v) is 3.73. The van der Waals surface area contributed by atoms with Gasteiger partial charge in [0, 0.05) is 25.1 Å². The monoisotopic (exact) mass is 269 g/mol. The lowest BCUT2D eigenvalue weighted by Gasteiger charge is -2.39. The summed E-state index contributed by atoms with van der Waals surface area (Å²) in [5, 5.41) is 23.7. The Morgan fingerprint density at radius 2 is 1.63 bits per heavy atom. The molecule has 0 aromatic rings. The summed E-state index contributed by atoms with van der Waals surface area (Å²) in [6.07, 6.45) is 10.2. The zero-order chi connectivity index (χ0) is 13.8. The molecule has 0 unspecified atom stereocenters. The first-order chi connectivity index (χ1) is 9.08. The standard InChI is InChI=1S/C16H31NO2/c1-14-5-9-16(19,10-6-14)12-17-11-15(13-18)7-3-2-4-8-15/h14,17-19H,2-13H2,1H3. The van der Waals surface area contributed by atoms with E-state index in [0.29, 0.717) is 6.54 Å². The fourth-order valence-electron chi connectivity index (χ4n) is 3.73. The van der Waals surface area contributed by atoms with E-state index in [2.05, 4.69) is 12.2 Å². The van der Waals surface area contributed by atoms with Gasteiger partial charge in [-0.1, -0.05) is 26.2 Å². The van der Waals surface area contributed by atoms with Gasteiger partial charge in [0.15, 0.2) is 0 Å². The van der Waals surface area contributed by atoms with Crippen molar-refractivity contribution in [3.63, 3.8) is 0 Å². The molecule has 0 spiro atoms. The van der Waals surface area contributed by atoms with Gasteiger partial charge in [0.25, 0.3) is 0 Å². The highest BCUT2D eigenvalue weighted by atomic mass is 16.3. The molecule has 0 atom stereocenters. The Labute approximate surface area is 117 Å². The predicted molar refractivity (Wildman–Crippen MR) is 78.1 cm³/mol. The summed E-state index contributed by atoms with van der Waals surface area (Å²) < 4.78 is 0.